The van der Waals surface area contributed by atoms with E-state index in [1.54, 1.807) is 14.2 Å². The normalized spacial score (nSPS) is 20.4. The lowest BCUT2D eigenvalue weighted by Crippen LogP contribution is -2.37. The molecule has 1 aliphatic carbocycles. The highest BCUT2D eigenvalue weighted by molar-refractivity contribution is 6.06. The summed E-state index contributed by atoms with van der Waals surface area (Å²) in [5.74, 6) is 1.52. The van der Waals surface area contributed by atoms with Gasteiger partial charge in [0, 0.05) is 5.56 Å². The molecule has 2 aromatic carbocycles. The van der Waals surface area contributed by atoms with Crippen LogP contribution in [0.2, 0.25) is 0 Å². The number of carbonyl (C=O) groups is 1. The Balaban J connectivity index is 2.06. The molecule has 0 aromatic heterocycles. The summed E-state index contributed by atoms with van der Waals surface area (Å²) in [6, 6.07) is 13.6. The zero-order valence-corrected chi connectivity index (χ0v) is 13.2. The molecule has 2 aromatic rings. The molecule has 0 N–H and O–H groups in total. The first-order chi connectivity index (χ1) is 10.6. The molecule has 0 heterocycles. The molecule has 3 rings (SSSR count). The Bertz CT molecular complexity index is 720. The number of benzene rings is 2. The first-order valence-electron chi connectivity index (χ1n) is 7.45. The van der Waals surface area contributed by atoms with Crippen LogP contribution in [0.1, 0.15) is 34.8 Å². The van der Waals surface area contributed by atoms with Crippen LogP contribution < -0.4 is 9.47 Å². The average Bonchev–Trinajstić information content (AvgIpc) is 2.58. The van der Waals surface area contributed by atoms with Gasteiger partial charge < -0.3 is 9.47 Å². The predicted molar refractivity (Wildman–Crippen MR) is 86.0 cm³/mol. The number of ether oxygens (including phenoxy) is 2. The summed E-state index contributed by atoms with van der Waals surface area (Å²) >= 11 is 0. The molecule has 1 atom stereocenters. The molecule has 0 unspecified atom stereocenters. The SMILES string of the molecule is COc1ccc([C@]2(C)CCc3ccccc3C2=O)cc1OC. The topological polar surface area (TPSA) is 35.5 Å². The van der Waals surface area contributed by atoms with Gasteiger partial charge in [-0.1, -0.05) is 30.3 Å². The van der Waals surface area contributed by atoms with E-state index >= 15 is 0 Å². The third-order valence-electron chi connectivity index (χ3n) is 4.68. The van der Waals surface area contributed by atoms with Crippen LogP contribution in [0.4, 0.5) is 0 Å². The minimum atomic E-state index is -0.520. The molecule has 0 aliphatic heterocycles. The van der Waals surface area contributed by atoms with Crippen LogP contribution in [0.25, 0.3) is 0 Å². The van der Waals surface area contributed by atoms with E-state index in [9.17, 15) is 4.79 Å². The first-order valence-corrected chi connectivity index (χ1v) is 7.45. The highest BCUT2D eigenvalue weighted by Gasteiger charge is 2.40. The van der Waals surface area contributed by atoms with Crippen molar-refractivity contribution in [1.82, 2.24) is 0 Å². The molecule has 0 fully saturated rings. The van der Waals surface area contributed by atoms with Gasteiger partial charge in [0.05, 0.1) is 19.6 Å². The summed E-state index contributed by atoms with van der Waals surface area (Å²) in [5.41, 5.74) is 2.44. The van der Waals surface area contributed by atoms with Crippen molar-refractivity contribution in [3.05, 3.63) is 59.2 Å². The molecule has 22 heavy (non-hydrogen) atoms. The average molecular weight is 296 g/mol. The van der Waals surface area contributed by atoms with E-state index in [1.807, 2.05) is 49.4 Å². The lowest BCUT2D eigenvalue weighted by Gasteiger charge is -2.34. The van der Waals surface area contributed by atoms with Gasteiger partial charge in [-0.2, -0.15) is 0 Å². The van der Waals surface area contributed by atoms with Gasteiger partial charge in [-0.25, -0.2) is 0 Å². The summed E-state index contributed by atoms with van der Waals surface area (Å²) < 4.78 is 10.7. The van der Waals surface area contributed by atoms with Crippen molar-refractivity contribution >= 4 is 5.78 Å². The zero-order valence-electron chi connectivity index (χ0n) is 13.2. The van der Waals surface area contributed by atoms with Gasteiger partial charge in [0.25, 0.3) is 0 Å². The maximum atomic E-state index is 13.0. The Morgan fingerprint density at radius 3 is 2.45 bits per heavy atom. The van der Waals surface area contributed by atoms with Gasteiger partial charge in [-0.05, 0) is 43.0 Å². The largest absolute Gasteiger partial charge is 0.493 e. The van der Waals surface area contributed by atoms with Gasteiger partial charge >= 0.3 is 0 Å². The summed E-state index contributed by atoms with van der Waals surface area (Å²) in [6.07, 6.45) is 1.71. The molecule has 0 amide bonds. The van der Waals surface area contributed by atoms with Crippen LogP contribution in [0.5, 0.6) is 11.5 Å². The second kappa shape index (κ2) is 5.48. The van der Waals surface area contributed by atoms with E-state index in [0.29, 0.717) is 11.5 Å². The molecular formula is C19H20O3. The van der Waals surface area contributed by atoms with Crippen molar-refractivity contribution < 1.29 is 14.3 Å². The number of hydrogen-bond donors (Lipinski definition) is 0. The number of methoxy groups -OCH3 is 2. The molecule has 3 nitrogen and oxygen atoms in total. The molecule has 0 radical (unpaired) electrons. The fraction of sp³-hybridized carbons (Fsp3) is 0.316. The van der Waals surface area contributed by atoms with Crippen molar-refractivity contribution in [2.45, 2.75) is 25.2 Å². The van der Waals surface area contributed by atoms with Crippen LogP contribution in [0.15, 0.2) is 42.5 Å². The smallest absolute Gasteiger partial charge is 0.173 e. The van der Waals surface area contributed by atoms with Crippen molar-refractivity contribution in [2.24, 2.45) is 0 Å². The Labute approximate surface area is 130 Å². The van der Waals surface area contributed by atoms with Crippen molar-refractivity contribution in [1.29, 1.82) is 0 Å². The third kappa shape index (κ3) is 2.17. The molecule has 0 saturated carbocycles. The molecule has 114 valence electrons. The highest BCUT2D eigenvalue weighted by Crippen LogP contribution is 2.41. The zero-order chi connectivity index (χ0) is 15.7. The Kier molecular flexibility index (Phi) is 3.65. The van der Waals surface area contributed by atoms with Crippen LogP contribution >= 0.6 is 0 Å². The molecule has 0 bridgehead atoms. The second-order valence-corrected chi connectivity index (χ2v) is 5.89. The fourth-order valence-electron chi connectivity index (χ4n) is 3.21. The third-order valence-corrected chi connectivity index (χ3v) is 4.68. The molecule has 3 heteroatoms. The van der Waals surface area contributed by atoms with E-state index in [2.05, 4.69) is 0 Å². The molecular weight excluding hydrogens is 276 g/mol. The van der Waals surface area contributed by atoms with Gasteiger partial charge in [-0.3, -0.25) is 4.79 Å². The summed E-state index contributed by atoms with van der Waals surface area (Å²) in [7, 11) is 3.23. The highest BCUT2D eigenvalue weighted by atomic mass is 16.5. The van der Waals surface area contributed by atoms with Crippen LogP contribution in [0.3, 0.4) is 0 Å². The Morgan fingerprint density at radius 1 is 1.00 bits per heavy atom. The van der Waals surface area contributed by atoms with Gasteiger partial charge in [0.2, 0.25) is 0 Å². The van der Waals surface area contributed by atoms with E-state index < -0.39 is 5.41 Å². The predicted octanol–water partition coefficient (Wildman–Crippen LogP) is 3.79. The Morgan fingerprint density at radius 2 is 1.73 bits per heavy atom. The number of aryl methyl sites for hydroxylation is 1. The lowest BCUT2D eigenvalue weighted by molar-refractivity contribution is 0.0875. The number of rotatable bonds is 3. The van der Waals surface area contributed by atoms with Crippen molar-refractivity contribution in [3.8, 4) is 11.5 Å². The first kappa shape index (κ1) is 14.6. The van der Waals surface area contributed by atoms with Crippen LogP contribution in [-0.2, 0) is 11.8 Å². The summed E-state index contributed by atoms with van der Waals surface area (Å²) in [5, 5.41) is 0. The number of ketones is 1. The van der Waals surface area contributed by atoms with Crippen molar-refractivity contribution in [2.75, 3.05) is 14.2 Å². The molecule has 0 spiro atoms. The quantitative estimate of drug-likeness (QED) is 0.864. The molecule has 0 saturated heterocycles. The van der Waals surface area contributed by atoms with Gasteiger partial charge in [0.1, 0.15) is 0 Å². The summed E-state index contributed by atoms with van der Waals surface area (Å²) in [6.45, 7) is 2.02. The molecule has 1 aliphatic rings. The van der Waals surface area contributed by atoms with E-state index in [-0.39, 0.29) is 5.78 Å². The number of Topliss-reactive ketones (excluding diaryl/α,β-unsaturated/α-hetero) is 1. The minimum absolute atomic E-state index is 0.182. The number of hydrogen-bond acceptors (Lipinski definition) is 3. The number of fused-ring (bicyclic) bond motifs is 1. The lowest BCUT2D eigenvalue weighted by atomic mass is 9.68. The van der Waals surface area contributed by atoms with E-state index in [1.165, 1.54) is 0 Å². The van der Waals surface area contributed by atoms with Crippen molar-refractivity contribution in [3.63, 3.8) is 0 Å². The van der Waals surface area contributed by atoms with E-state index in [0.717, 1.165) is 29.5 Å². The van der Waals surface area contributed by atoms with Crippen LogP contribution in [-0.4, -0.2) is 20.0 Å². The van der Waals surface area contributed by atoms with Crippen LogP contribution in [0, 0.1) is 0 Å². The standard InChI is InChI=1S/C19H20O3/c1-19(14-8-9-16(21-2)17(12-14)22-3)11-10-13-6-4-5-7-15(13)18(19)20/h4-9,12H,10-11H2,1-3H3/t19-/m0/s1. The monoisotopic (exact) mass is 296 g/mol. The maximum absolute atomic E-state index is 13.0. The van der Waals surface area contributed by atoms with Gasteiger partial charge in [0.15, 0.2) is 17.3 Å². The second-order valence-electron chi connectivity index (χ2n) is 5.89. The maximum Gasteiger partial charge on any atom is 0.173 e. The van der Waals surface area contributed by atoms with Gasteiger partial charge in [-0.15, -0.1) is 0 Å². The summed E-state index contributed by atoms with van der Waals surface area (Å²) in [4.78, 5) is 13.0. The number of carbonyl (C=O) groups excluding carboxylic acids is 1. The Hall–Kier alpha value is -2.29. The van der Waals surface area contributed by atoms with E-state index in [4.69, 9.17) is 9.47 Å². The fourth-order valence-corrected chi connectivity index (χ4v) is 3.21. The minimum Gasteiger partial charge on any atom is -0.493 e.